The Hall–Kier alpha value is -3.39. The number of esters is 1. The maximum Gasteiger partial charge on any atom is 0.363 e. The second-order valence-corrected chi connectivity index (χ2v) is 5.69. The molecule has 136 valence electrons. The number of nitro groups is 1. The Balaban J connectivity index is 1.89. The van der Waals surface area contributed by atoms with Crippen molar-refractivity contribution in [2.24, 2.45) is 4.99 Å². The topological polar surface area (TPSA) is 81.8 Å². The Bertz CT molecular complexity index is 1050. The van der Waals surface area contributed by atoms with Crippen molar-refractivity contribution in [2.45, 2.75) is 0 Å². The predicted octanol–water partition coefficient (Wildman–Crippen LogP) is 4.43. The van der Waals surface area contributed by atoms with Crippen LogP contribution in [-0.2, 0) is 9.53 Å². The third-order valence-electron chi connectivity index (χ3n) is 3.52. The fourth-order valence-corrected chi connectivity index (χ4v) is 2.49. The first-order valence-corrected chi connectivity index (χ1v) is 7.82. The number of hydrogen-bond donors (Lipinski definition) is 0. The normalized spacial score (nSPS) is 15.3. The molecule has 0 N–H and O–H groups in total. The van der Waals surface area contributed by atoms with Crippen LogP contribution in [0.2, 0.25) is 5.02 Å². The molecule has 0 fully saturated rings. The van der Waals surface area contributed by atoms with E-state index in [0.29, 0.717) is 5.56 Å². The lowest BCUT2D eigenvalue weighted by molar-refractivity contribution is -0.385. The van der Waals surface area contributed by atoms with Crippen LogP contribution >= 0.6 is 11.6 Å². The summed E-state index contributed by atoms with van der Waals surface area (Å²) in [4.78, 5) is 26.2. The number of carbonyl (C=O) groups is 1. The van der Waals surface area contributed by atoms with Crippen LogP contribution in [0.1, 0.15) is 11.1 Å². The first kappa shape index (κ1) is 18.4. The summed E-state index contributed by atoms with van der Waals surface area (Å²) < 4.78 is 31.5. The van der Waals surface area contributed by atoms with Gasteiger partial charge in [-0.05, 0) is 30.4 Å². The molecule has 0 bridgehead atoms. The van der Waals surface area contributed by atoms with E-state index in [1.54, 1.807) is 6.07 Å². The van der Waals surface area contributed by atoms with Crippen LogP contribution in [-0.4, -0.2) is 16.8 Å². The minimum absolute atomic E-state index is 0.0741. The van der Waals surface area contributed by atoms with Crippen LogP contribution in [0.15, 0.2) is 59.2 Å². The number of benzene rings is 2. The number of halogens is 3. The van der Waals surface area contributed by atoms with Crippen molar-refractivity contribution in [3.63, 3.8) is 0 Å². The molecule has 1 heterocycles. The van der Waals surface area contributed by atoms with Crippen molar-refractivity contribution in [3.05, 3.63) is 92.1 Å². The van der Waals surface area contributed by atoms with E-state index in [4.69, 9.17) is 16.3 Å². The Morgan fingerprint density at radius 1 is 1.19 bits per heavy atom. The maximum atomic E-state index is 13.4. The zero-order chi connectivity index (χ0) is 19.6. The Kier molecular flexibility index (Phi) is 5.09. The van der Waals surface area contributed by atoms with Gasteiger partial charge in [-0.2, -0.15) is 0 Å². The Morgan fingerprint density at radius 3 is 2.63 bits per heavy atom. The molecule has 0 unspecified atom stereocenters. The first-order valence-electron chi connectivity index (χ1n) is 7.44. The number of cyclic esters (lactones) is 1. The molecule has 2 aromatic carbocycles. The van der Waals surface area contributed by atoms with Crippen LogP contribution in [0.25, 0.3) is 6.08 Å². The zero-order valence-electron chi connectivity index (χ0n) is 13.4. The van der Waals surface area contributed by atoms with E-state index in [1.807, 2.05) is 0 Å². The van der Waals surface area contributed by atoms with E-state index >= 15 is 0 Å². The van der Waals surface area contributed by atoms with Crippen LogP contribution < -0.4 is 0 Å². The number of rotatable bonds is 4. The molecule has 3 rings (SSSR count). The van der Waals surface area contributed by atoms with Gasteiger partial charge in [0.25, 0.3) is 5.69 Å². The molecule has 0 saturated heterocycles. The molecule has 0 aliphatic carbocycles. The monoisotopic (exact) mass is 390 g/mol. The van der Waals surface area contributed by atoms with Gasteiger partial charge in [0.2, 0.25) is 5.90 Å². The van der Waals surface area contributed by atoms with Gasteiger partial charge in [0.05, 0.1) is 21.1 Å². The predicted molar refractivity (Wildman–Crippen MR) is 94.2 cm³/mol. The van der Waals surface area contributed by atoms with Crippen molar-refractivity contribution in [3.8, 4) is 0 Å². The highest BCUT2D eigenvalue weighted by atomic mass is 35.5. The summed E-state index contributed by atoms with van der Waals surface area (Å²) >= 11 is 5.83. The Labute approximate surface area is 156 Å². The van der Waals surface area contributed by atoms with Crippen LogP contribution in [0.4, 0.5) is 14.5 Å². The number of nitrogens with zero attached hydrogens (tertiary/aromatic N) is 2. The molecule has 0 spiro atoms. The van der Waals surface area contributed by atoms with Gasteiger partial charge in [-0.3, -0.25) is 10.1 Å². The third kappa shape index (κ3) is 3.90. The SMILES string of the molecule is O=C1OC(c2cc(F)c(F)cc2Cl)=N/C1=C/C=C/c1ccccc1[N+](=O)[O-]. The van der Waals surface area contributed by atoms with Crippen molar-refractivity contribution in [1.29, 1.82) is 0 Å². The van der Waals surface area contributed by atoms with Gasteiger partial charge in [-0.25, -0.2) is 18.6 Å². The van der Waals surface area contributed by atoms with Crippen molar-refractivity contribution < 1.29 is 23.2 Å². The fourth-order valence-electron chi connectivity index (χ4n) is 2.26. The molecular weight excluding hydrogens is 382 g/mol. The number of ether oxygens (including phenoxy) is 1. The van der Waals surface area contributed by atoms with Crippen LogP contribution in [0.5, 0.6) is 0 Å². The van der Waals surface area contributed by atoms with Crippen molar-refractivity contribution >= 4 is 35.2 Å². The number of carbonyl (C=O) groups excluding carboxylic acids is 1. The smallest absolute Gasteiger partial charge is 0.363 e. The second-order valence-electron chi connectivity index (χ2n) is 5.28. The third-order valence-corrected chi connectivity index (χ3v) is 3.84. The first-order chi connectivity index (χ1) is 12.9. The summed E-state index contributed by atoms with van der Waals surface area (Å²) in [6.07, 6.45) is 4.09. The van der Waals surface area contributed by atoms with Crippen LogP contribution in [0, 0.1) is 21.7 Å². The fraction of sp³-hybridized carbons (Fsp3) is 0. The summed E-state index contributed by atoms with van der Waals surface area (Å²) in [6, 6.07) is 7.57. The standard InChI is InChI=1S/C18H9ClF2N2O4/c19-12-9-14(21)13(20)8-11(12)17-22-15(18(24)27-17)6-3-5-10-4-1-2-7-16(10)23(25)26/h1-9H/b5-3+,15-6+. The van der Waals surface area contributed by atoms with E-state index in [2.05, 4.69) is 4.99 Å². The summed E-state index contributed by atoms with van der Waals surface area (Å²) in [7, 11) is 0. The van der Waals surface area contributed by atoms with Gasteiger partial charge in [-0.1, -0.05) is 29.8 Å². The summed E-state index contributed by atoms with van der Waals surface area (Å²) in [6.45, 7) is 0. The minimum Gasteiger partial charge on any atom is -0.402 e. The van der Waals surface area contributed by atoms with Crippen molar-refractivity contribution in [1.82, 2.24) is 0 Å². The molecule has 0 atom stereocenters. The number of hydrogen-bond acceptors (Lipinski definition) is 5. The zero-order valence-corrected chi connectivity index (χ0v) is 14.1. The minimum atomic E-state index is -1.16. The van der Waals surface area contributed by atoms with Gasteiger partial charge in [-0.15, -0.1) is 0 Å². The largest absolute Gasteiger partial charge is 0.402 e. The number of nitro benzene ring substituents is 1. The van der Waals surface area contributed by atoms with Gasteiger partial charge in [0.15, 0.2) is 17.3 Å². The summed E-state index contributed by atoms with van der Waals surface area (Å²) in [5.41, 5.74) is 0.0353. The molecule has 2 aromatic rings. The highest BCUT2D eigenvalue weighted by Crippen LogP contribution is 2.25. The van der Waals surface area contributed by atoms with Gasteiger partial charge >= 0.3 is 5.97 Å². The number of para-hydroxylation sites is 1. The lowest BCUT2D eigenvalue weighted by Crippen LogP contribution is -2.07. The van der Waals surface area contributed by atoms with Gasteiger partial charge in [0.1, 0.15) is 0 Å². The maximum absolute atomic E-state index is 13.4. The quantitative estimate of drug-likeness (QED) is 0.254. The highest BCUT2D eigenvalue weighted by molar-refractivity contribution is 6.34. The lowest BCUT2D eigenvalue weighted by Gasteiger charge is -2.03. The average molecular weight is 391 g/mol. The average Bonchev–Trinajstić information content (AvgIpc) is 2.99. The van der Waals surface area contributed by atoms with Crippen LogP contribution in [0.3, 0.4) is 0 Å². The Morgan fingerprint density at radius 2 is 1.89 bits per heavy atom. The van der Waals surface area contributed by atoms with E-state index in [9.17, 15) is 23.7 Å². The van der Waals surface area contributed by atoms with E-state index in [1.165, 1.54) is 36.4 Å². The molecule has 0 radical (unpaired) electrons. The molecule has 27 heavy (non-hydrogen) atoms. The molecule has 9 heteroatoms. The van der Waals surface area contributed by atoms with Crippen molar-refractivity contribution in [2.75, 3.05) is 0 Å². The highest BCUT2D eigenvalue weighted by Gasteiger charge is 2.26. The molecular formula is C18H9ClF2N2O4. The molecule has 0 aromatic heterocycles. The molecule has 1 aliphatic rings. The van der Waals surface area contributed by atoms with E-state index in [-0.39, 0.29) is 27.9 Å². The summed E-state index contributed by atoms with van der Waals surface area (Å²) in [5.74, 6) is -3.40. The number of allylic oxidation sites excluding steroid dienone is 2. The number of aliphatic imine (C=N–C) groups is 1. The lowest BCUT2D eigenvalue weighted by atomic mass is 10.1. The van der Waals surface area contributed by atoms with E-state index in [0.717, 1.165) is 12.1 Å². The molecule has 0 saturated carbocycles. The second kappa shape index (κ2) is 7.46. The molecule has 1 aliphatic heterocycles. The molecule has 0 amide bonds. The van der Waals surface area contributed by atoms with Gasteiger partial charge < -0.3 is 4.74 Å². The van der Waals surface area contributed by atoms with E-state index < -0.39 is 22.5 Å². The summed E-state index contributed by atoms with van der Waals surface area (Å²) in [5, 5.41) is 10.8. The van der Waals surface area contributed by atoms with Gasteiger partial charge in [0, 0.05) is 6.07 Å². The molecule has 6 nitrogen and oxygen atoms in total.